The van der Waals surface area contributed by atoms with E-state index < -0.39 is 5.97 Å². The summed E-state index contributed by atoms with van der Waals surface area (Å²) in [7, 11) is 0. The molecule has 2 rings (SSSR count). The third kappa shape index (κ3) is 2.93. The van der Waals surface area contributed by atoms with Gasteiger partial charge in [0.15, 0.2) is 0 Å². The van der Waals surface area contributed by atoms with Gasteiger partial charge >= 0.3 is 5.97 Å². The smallest absolute Gasteiger partial charge is 0.307 e. The summed E-state index contributed by atoms with van der Waals surface area (Å²) in [4.78, 5) is 14.7. The molecule has 88 valence electrons. The lowest BCUT2D eigenvalue weighted by atomic mass is 10.1. The van der Waals surface area contributed by atoms with Gasteiger partial charge in [0.25, 0.3) is 0 Å². The van der Waals surface area contributed by atoms with Gasteiger partial charge in [0.2, 0.25) is 0 Å². The minimum atomic E-state index is -0.803. The van der Waals surface area contributed by atoms with E-state index in [0.717, 1.165) is 23.5 Å². The first-order valence-corrected chi connectivity index (χ1v) is 5.42. The molecule has 0 radical (unpaired) electrons. The van der Waals surface area contributed by atoms with Crippen molar-refractivity contribution in [2.24, 2.45) is 0 Å². The van der Waals surface area contributed by atoms with Gasteiger partial charge in [-0.25, -0.2) is 4.98 Å². The van der Waals surface area contributed by atoms with Crippen molar-refractivity contribution in [1.82, 2.24) is 9.55 Å². The van der Waals surface area contributed by atoms with E-state index in [-0.39, 0.29) is 6.42 Å². The molecule has 0 aliphatic heterocycles. The van der Waals surface area contributed by atoms with Crippen molar-refractivity contribution in [2.75, 3.05) is 0 Å². The number of hydrogen-bond acceptors (Lipinski definition) is 2. The molecular weight excluding hydrogens is 216 g/mol. The fourth-order valence-electron chi connectivity index (χ4n) is 1.70. The van der Waals surface area contributed by atoms with Crippen molar-refractivity contribution in [1.29, 1.82) is 0 Å². The van der Waals surface area contributed by atoms with Gasteiger partial charge in [0.1, 0.15) is 5.82 Å². The number of nitrogens with zero attached hydrogens (tertiary/aromatic N) is 2. The van der Waals surface area contributed by atoms with Crippen LogP contribution in [0.4, 0.5) is 0 Å². The molecule has 1 heterocycles. The standard InChI is InChI=1S/C13H14N2O2/c1-10-14-6-7-15(10)9-12-4-2-11(3-5-12)8-13(16)17/h2-7H,8-9H2,1H3,(H,16,17). The van der Waals surface area contributed by atoms with Crippen LogP contribution in [0.1, 0.15) is 17.0 Å². The monoisotopic (exact) mass is 230 g/mol. The first-order valence-electron chi connectivity index (χ1n) is 5.42. The maximum atomic E-state index is 10.5. The number of benzene rings is 1. The van der Waals surface area contributed by atoms with Gasteiger partial charge < -0.3 is 9.67 Å². The quantitative estimate of drug-likeness (QED) is 0.872. The molecule has 2 aromatic rings. The average Bonchev–Trinajstić information content (AvgIpc) is 2.67. The number of hydrogen-bond donors (Lipinski definition) is 1. The highest BCUT2D eigenvalue weighted by molar-refractivity contribution is 5.70. The fourth-order valence-corrected chi connectivity index (χ4v) is 1.70. The van der Waals surface area contributed by atoms with Crippen LogP contribution in [-0.2, 0) is 17.8 Å². The van der Waals surface area contributed by atoms with E-state index in [0.29, 0.717) is 0 Å². The summed E-state index contributed by atoms with van der Waals surface area (Å²) >= 11 is 0. The Hall–Kier alpha value is -2.10. The topological polar surface area (TPSA) is 55.1 Å². The van der Waals surface area contributed by atoms with Crippen LogP contribution in [0.3, 0.4) is 0 Å². The second kappa shape index (κ2) is 4.82. The molecule has 0 aliphatic carbocycles. The van der Waals surface area contributed by atoms with Crippen molar-refractivity contribution in [3.8, 4) is 0 Å². The number of rotatable bonds is 4. The molecule has 0 saturated carbocycles. The van der Waals surface area contributed by atoms with E-state index in [9.17, 15) is 4.79 Å². The number of carbonyl (C=O) groups is 1. The number of aromatic nitrogens is 2. The Balaban J connectivity index is 2.08. The van der Waals surface area contributed by atoms with Crippen molar-refractivity contribution in [2.45, 2.75) is 19.9 Å². The third-order valence-electron chi connectivity index (χ3n) is 2.65. The zero-order valence-electron chi connectivity index (χ0n) is 9.63. The molecule has 1 aromatic carbocycles. The van der Waals surface area contributed by atoms with E-state index in [4.69, 9.17) is 5.11 Å². The van der Waals surface area contributed by atoms with Crippen molar-refractivity contribution < 1.29 is 9.90 Å². The Labute approximate surface area is 99.5 Å². The van der Waals surface area contributed by atoms with Crippen LogP contribution in [-0.4, -0.2) is 20.6 Å². The number of aryl methyl sites for hydroxylation is 1. The number of carboxylic acids is 1. The first-order chi connectivity index (χ1) is 8.15. The molecule has 0 amide bonds. The predicted molar refractivity (Wildman–Crippen MR) is 63.8 cm³/mol. The van der Waals surface area contributed by atoms with E-state index in [1.165, 1.54) is 0 Å². The lowest BCUT2D eigenvalue weighted by Gasteiger charge is -2.05. The van der Waals surface area contributed by atoms with Crippen LogP contribution >= 0.6 is 0 Å². The molecule has 0 saturated heterocycles. The van der Waals surface area contributed by atoms with Crippen molar-refractivity contribution in [3.63, 3.8) is 0 Å². The second-order valence-corrected chi connectivity index (χ2v) is 3.99. The van der Waals surface area contributed by atoms with Crippen molar-refractivity contribution in [3.05, 3.63) is 53.6 Å². The molecule has 0 spiro atoms. The van der Waals surface area contributed by atoms with Crippen LogP contribution in [0.2, 0.25) is 0 Å². The molecule has 0 atom stereocenters. The second-order valence-electron chi connectivity index (χ2n) is 3.99. The highest BCUT2D eigenvalue weighted by Gasteiger charge is 2.01. The maximum Gasteiger partial charge on any atom is 0.307 e. The number of carboxylic acid groups (broad SMARTS) is 1. The Morgan fingerprint density at radius 1 is 1.29 bits per heavy atom. The van der Waals surface area contributed by atoms with Crippen LogP contribution < -0.4 is 0 Å². The summed E-state index contributed by atoms with van der Waals surface area (Å²) in [6.07, 6.45) is 3.78. The minimum Gasteiger partial charge on any atom is -0.481 e. The summed E-state index contributed by atoms with van der Waals surface area (Å²) in [5, 5.41) is 8.67. The normalized spacial score (nSPS) is 10.4. The molecule has 0 fully saturated rings. The van der Waals surface area contributed by atoms with Gasteiger partial charge in [-0.2, -0.15) is 0 Å². The summed E-state index contributed by atoms with van der Waals surface area (Å²) in [6.45, 7) is 2.72. The number of aliphatic carboxylic acids is 1. The van der Waals surface area contributed by atoms with Gasteiger partial charge in [-0.3, -0.25) is 4.79 Å². The highest BCUT2D eigenvalue weighted by atomic mass is 16.4. The SMILES string of the molecule is Cc1nccn1Cc1ccc(CC(=O)O)cc1. The van der Waals surface area contributed by atoms with Crippen LogP contribution in [0.25, 0.3) is 0 Å². The summed E-state index contributed by atoms with van der Waals surface area (Å²) in [6, 6.07) is 7.63. The molecule has 0 bridgehead atoms. The minimum absolute atomic E-state index is 0.0738. The zero-order chi connectivity index (χ0) is 12.3. The van der Waals surface area contributed by atoms with E-state index in [1.54, 1.807) is 6.20 Å². The van der Waals surface area contributed by atoms with Crippen LogP contribution in [0.15, 0.2) is 36.7 Å². The van der Waals surface area contributed by atoms with E-state index in [1.807, 2.05) is 42.0 Å². The van der Waals surface area contributed by atoms with Gasteiger partial charge in [-0.05, 0) is 18.1 Å². The molecule has 1 N–H and O–H groups in total. The largest absolute Gasteiger partial charge is 0.481 e. The lowest BCUT2D eigenvalue weighted by molar-refractivity contribution is -0.136. The molecule has 4 nitrogen and oxygen atoms in total. The predicted octanol–water partition coefficient (Wildman–Crippen LogP) is 1.87. The summed E-state index contributed by atoms with van der Waals surface area (Å²) in [5.41, 5.74) is 1.96. The fraction of sp³-hybridized carbons (Fsp3) is 0.231. The van der Waals surface area contributed by atoms with Gasteiger partial charge in [0.05, 0.1) is 6.42 Å². The van der Waals surface area contributed by atoms with Gasteiger partial charge in [-0.15, -0.1) is 0 Å². The van der Waals surface area contributed by atoms with Crippen molar-refractivity contribution >= 4 is 5.97 Å². The molecular formula is C13H14N2O2. The molecule has 4 heteroatoms. The van der Waals surface area contributed by atoms with Crippen LogP contribution in [0, 0.1) is 6.92 Å². The summed E-state index contributed by atoms with van der Waals surface area (Å²) < 4.78 is 2.05. The molecule has 1 aromatic heterocycles. The van der Waals surface area contributed by atoms with Crippen LogP contribution in [0.5, 0.6) is 0 Å². The molecule has 17 heavy (non-hydrogen) atoms. The zero-order valence-corrected chi connectivity index (χ0v) is 9.63. The molecule has 0 unspecified atom stereocenters. The third-order valence-corrected chi connectivity index (χ3v) is 2.65. The van der Waals surface area contributed by atoms with E-state index >= 15 is 0 Å². The Kier molecular flexibility index (Phi) is 3.23. The Morgan fingerprint density at radius 2 is 1.94 bits per heavy atom. The Bertz CT molecular complexity index is 514. The summed E-state index contributed by atoms with van der Waals surface area (Å²) in [5.74, 6) is 0.169. The van der Waals surface area contributed by atoms with Gasteiger partial charge in [-0.1, -0.05) is 24.3 Å². The Morgan fingerprint density at radius 3 is 2.47 bits per heavy atom. The van der Waals surface area contributed by atoms with E-state index in [2.05, 4.69) is 4.98 Å². The number of imidazole rings is 1. The average molecular weight is 230 g/mol. The first kappa shape index (κ1) is 11.4. The molecule has 0 aliphatic rings. The maximum absolute atomic E-state index is 10.5. The lowest BCUT2D eigenvalue weighted by Crippen LogP contribution is -2.02. The highest BCUT2D eigenvalue weighted by Crippen LogP contribution is 2.08. The van der Waals surface area contributed by atoms with Gasteiger partial charge in [0, 0.05) is 18.9 Å².